The molecule has 19 heavy (non-hydrogen) atoms. The maximum atomic E-state index is 12.5. The molecule has 0 aromatic heterocycles. The first-order valence-corrected chi connectivity index (χ1v) is 7.09. The van der Waals surface area contributed by atoms with Crippen molar-refractivity contribution in [1.82, 2.24) is 0 Å². The summed E-state index contributed by atoms with van der Waals surface area (Å²) < 4.78 is 37.6. The van der Waals surface area contributed by atoms with Crippen molar-refractivity contribution in [3.8, 4) is 0 Å². The van der Waals surface area contributed by atoms with Gasteiger partial charge in [0.25, 0.3) is 0 Å². The van der Waals surface area contributed by atoms with Crippen LogP contribution in [0.4, 0.5) is 24.5 Å². The van der Waals surface area contributed by atoms with Crippen LogP contribution in [0.25, 0.3) is 0 Å². The summed E-state index contributed by atoms with van der Waals surface area (Å²) in [5, 5.41) is 3.09. The van der Waals surface area contributed by atoms with Crippen molar-refractivity contribution in [3.05, 3.63) is 42.5 Å². The first kappa shape index (κ1) is 12.7. The molecule has 1 N–H and O–H groups in total. The summed E-state index contributed by atoms with van der Waals surface area (Å²) in [5.74, 6) is 0. The number of hydrogen-bond donors (Lipinski definition) is 1. The minimum absolute atomic E-state index is 0.0858. The fourth-order valence-electron chi connectivity index (χ4n) is 1.84. The van der Waals surface area contributed by atoms with Gasteiger partial charge in [-0.1, -0.05) is 30.0 Å². The highest BCUT2D eigenvalue weighted by Gasteiger charge is 2.31. The first-order chi connectivity index (χ1) is 9.03. The highest BCUT2D eigenvalue weighted by atomic mass is 32.2. The lowest BCUT2D eigenvalue weighted by atomic mass is 10.2. The third kappa shape index (κ3) is 2.69. The lowest BCUT2D eigenvalue weighted by molar-refractivity contribution is -0.0328. The number of halogens is 3. The molecule has 3 rings (SSSR count). The van der Waals surface area contributed by atoms with Gasteiger partial charge in [0.1, 0.15) is 0 Å². The van der Waals surface area contributed by atoms with Crippen LogP contribution in [0.1, 0.15) is 0 Å². The predicted molar refractivity (Wildman–Crippen MR) is 72.2 cm³/mol. The molecule has 0 saturated carbocycles. The Bertz CT molecular complexity index is 626. The number of fused-ring (bicyclic) bond motifs is 2. The Hall–Kier alpha value is -1.27. The lowest BCUT2D eigenvalue weighted by Crippen LogP contribution is -2.04. The van der Waals surface area contributed by atoms with Gasteiger partial charge in [0.15, 0.2) is 0 Å². The predicted octanol–water partition coefficient (Wildman–Crippen LogP) is 5.51. The summed E-state index contributed by atoms with van der Waals surface area (Å²) in [6.07, 6.45) is 0. The average Bonchev–Trinajstić information content (AvgIpc) is 2.35. The van der Waals surface area contributed by atoms with Crippen molar-refractivity contribution in [3.63, 3.8) is 0 Å². The molecule has 0 atom stereocenters. The van der Waals surface area contributed by atoms with E-state index < -0.39 is 5.51 Å². The van der Waals surface area contributed by atoms with Gasteiger partial charge in [-0.2, -0.15) is 13.2 Å². The number of para-hydroxylation sites is 2. The van der Waals surface area contributed by atoms with Crippen molar-refractivity contribution in [1.29, 1.82) is 0 Å². The second-order valence-electron chi connectivity index (χ2n) is 3.90. The molecular formula is C13H8F3NS2. The Balaban J connectivity index is 2.01. The van der Waals surface area contributed by atoms with Gasteiger partial charge < -0.3 is 5.32 Å². The van der Waals surface area contributed by atoms with Gasteiger partial charge in [-0.05, 0) is 36.0 Å². The number of rotatable bonds is 1. The van der Waals surface area contributed by atoms with Crippen LogP contribution in [0.2, 0.25) is 0 Å². The van der Waals surface area contributed by atoms with Crippen LogP contribution in [0.3, 0.4) is 0 Å². The third-order valence-electron chi connectivity index (χ3n) is 2.58. The van der Waals surface area contributed by atoms with Gasteiger partial charge in [0.2, 0.25) is 0 Å². The molecule has 98 valence electrons. The molecular weight excluding hydrogens is 291 g/mol. The molecule has 1 nitrogen and oxygen atoms in total. The van der Waals surface area contributed by atoms with E-state index in [1.165, 1.54) is 17.8 Å². The second-order valence-corrected chi connectivity index (χ2v) is 6.09. The maximum Gasteiger partial charge on any atom is 0.446 e. The van der Waals surface area contributed by atoms with Crippen LogP contribution in [-0.4, -0.2) is 5.51 Å². The maximum absolute atomic E-state index is 12.5. The fourth-order valence-corrected chi connectivity index (χ4v) is 3.59. The minimum Gasteiger partial charge on any atom is -0.353 e. The number of anilines is 2. The Kier molecular flexibility index (Phi) is 3.14. The summed E-state index contributed by atoms with van der Waals surface area (Å²) in [5.41, 5.74) is -2.90. The Morgan fingerprint density at radius 1 is 0.947 bits per heavy atom. The molecule has 1 aliphatic rings. The van der Waals surface area contributed by atoms with Crippen molar-refractivity contribution in [2.24, 2.45) is 0 Å². The molecule has 0 fully saturated rings. The minimum atomic E-state index is -4.28. The molecule has 0 unspecified atom stereocenters. The normalized spacial score (nSPS) is 13.4. The van der Waals surface area contributed by atoms with Crippen LogP contribution in [-0.2, 0) is 0 Å². The molecule has 2 aromatic carbocycles. The SMILES string of the molecule is FC(F)(F)Sc1cccc2c1Nc1ccccc1S2. The largest absolute Gasteiger partial charge is 0.446 e. The van der Waals surface area contributed by atoms with E-state index in [0.29, 0.717) is 5.69 Å². The van der Waals surface area contributed by atoms with Crippen LogP contribution in [0, 0.1) is 0 Å². The van der Waals surface area contributed by atoms with Gasteiger partial charge >= 0.3 is 5.51 Å². The van der Waals surface area contributed by atoms with Crippen molar-refractivity contribution in [2.75, 3.05) is 5.32 Å². The highest BCUT2D eigenvalue weighted by Crippen LogP contribution is 2.50. The Labute approximate surface area is 116 Å². The third-order valence-corrected chi connectivity index (χ3v) is 4.51. The highest BCUT2D eigenvalue weighted by molar-refractivity contribution is 8.01. The standard InChI is InChI=1S/C13H8F3NS2/c14-13(15,16)19-11-7-3-6-10-12(11)17-8-4-1-2-5-9(8)18-10/h1-7,17H. The molecule has 1 heterocycles. The summed E-state index contributed by atoms with van der Waals surface area (Å²) in [7, 11) is 0. The fraction of sp³-hybridized carbons (Fsp3) is 0.0769. The first-order valence-electron chi connectivity index (χ1n) is 5.45. The lowest BCUT2D eigenvalue weighted by Gasteiger charge is -2.23. The van der Waals surface area contributed by atoms with E-state index in [1.807, 2.05) is 30.3 Å². The number of hydrogen-bond acceptors (Lipinski definition) is 3. The van der Waals surface area contributed by atoms with Gasteiger partial charge in [-0.15, -0.1) is 0 Å². The smallest absolute Gasteiger partial charge is 0.353 e. The average molecular weight is 299 g/mol. The summed E-state index contributed by atoms with van der Waals surface area (Å²) in [6, 6.07) is 12.5. The molecule has 1 aliphatic heterocycles. The van der Waals surface area contributed by atoms with Gasteiger partial charge in [-0.25, -0.2) is 0 Å². The molecule has 0 amide bonds. The quantitative estimate of drug-likeness (QED) is 0.595. The van der Waals surface area contributed by atoms with Crippen molar-refractivity contribution in [2.45, 2.75) is 20.2 Å². The van der Waals surface area contributed by atoms with E-state index in [9.17, 15) is 13.2 Å². The molecule has 2 aromatic rings. The van der Waals surface area contributed by atoms with E-state index in [4.69, 9.17) is 0 Å². The molecule has 0 aliphatic carbocycles. The van der Waals surface area contributed by atoms with E-state index in [1.54, 1.807) is 6.07 Å². The zero-order valence-corrected chi connectivity index (χ0v) is 11.1. The topological polar surface area (TPSA) is 12.0 Å². The van der Waals surface area contributed by atoms with Gasteiger partial charge in [0, 0.05) is 14.7 Å². The zero-order valence-electron chi connectivity index (χ0n) is 9.49. The number of nitrogens with one attached hydrogen (secondary N) is 1. The molecule has 6 heteroatoms. The van der Waals surface area contributed by atoms with Crippen molar-refractivity contribution >= 4 is 34.9 Å². The van der Waals surface area contributed by atoms with E-state index >= 15 is 0 Å². The molecule has 0 spiro atoms. The van der Waals surface area contributed by atoms with Crippen LogP contribution in [0.5, 0.6) is 0 Å². The monoisotopic (exact) mass is 299 g/mol. The molecule has 0 radical (unpaired) electrons. The number of alkyl halides is 3. The second kappa shape index (κ2) is 4.68. The zero-order chi connectivity index (χ0) is 13.5. The number of thioether (sulfide) groups is 1. The molecule has 0 bridgehead atoms. The van der Waals surface area contributed by atoms with E-state index in [2.05, 4.69) is 5.32 Å². The van der Waals surface area contributed by atoms with E-state index in [-0.39, 0.29) is 16.7 Å². The van der Waals surface area contributed by atoms with Gasteiger partial charge in [0.05, 0.1) is 11.4 Å². The summed E-state index contributed by atoms with van der Waals surface area (Å²) >= 11 is 1.39. The Morgan fingerprint density at radius 2 is 1.68 bits per heavy atom. The van der Waals surface area contributed by atoms with Crippen LogP contribution in [0.15, 0.2) is 57.2 Å². The number of benzene rings is 2. The van der Waals surface area contributed by atoms with E-state index in [0.717, 1.165) is 15.5 Å². The van der Waals surface area contributed by atoms with Crippen molar-refractivity contribution < 1.29 is 13.2 Å². The Morgan fingerprint density at radius 3 is 2.47 bits per heavy atom. The molecule has 0 saturated heterocycles. The summed E-state index contributed by atoms with van der Waals surface area (Å²) in [6.45, 7) is 0. The van der Waals surface area contributed by atoms with Crippen LogP contribution < -0.4 is 5.32 Å². The summed E-state index contributed by atoms with van der Waals surface area (Å²) in [4.78, 5) is 2.03. The van der Waals surface area contributed by atoms with Crippen LogP contribution >= 0.6 is 23.5 Å². The van der Waals surface area contributed by atoms with Gasteiger partial charge in [-0.3, -0.25) is 0 Å².